The van der Waals surface area contributed by atoms with Crippen LogP contribution in [0.15, 0.2) is 24.5 Å². The third-order valence-corrected chi connectivity index (χ3v) is 1.67. The Hall–Kier alpha value is -2.11. The van der Waals surface area contributed by atoms with Gasteiger partial charge < -0.3 is 15.2 Å². The molecule has 0 aliphatic heterocycles. The summed E-state index contributed by atoms with van der Waals surface area (Å²) in [5.41, 5.74) is 0. The van der Waals surface area contributed by atoms with Crippen molar-refractivity contribution in [2.75, 3.05) is 13.2 Å². The lowest BCUT2D eigenvalue weighted by Gasteiger charge is -2.05. The molecule has 1 heterocycles. The molecule has 1 amide bonds. The molecular formula is C10H12N2O4. The Kier molecular flexibility index (Phi) is 4.78. The molecule has 0 bridgehead atoms. The highest BCUT2D eigenvalue weighted by Gasteiger charge is 2.03. The van der Waals surface area contributed by atoms with Gasteiger partial charge in [0.25, 0.3) is 5.91 Å². The largest absolute Gasteiger partial charge is 0.482 e. The first-order chi connectivity index (χ1) is 7.68. The Balaban J connectivity index is 2.18. The number of ether oxygens (including phenoxy) is 1. The summed E-state index contributed by atoms with van der Waals surface area (Å²) in [5.74, 6) is -0.811. The Morgan fingerprint density at radius 3 is 2.94 bits per heavy atom. The summed E-state index contributed by atoms with van der Waals surface area (Å²) in [6, 6.07) is 3.37. The van der Waals surface area contributed by atoms with Gasteiger partial charge in [0.05, 0.1) is 12.6 Å². The third kappa shape index (κ3) is 4.94. The fourth-order valence-electron chi connectivity index (χ4n) is 0.941. The highest BCUT2D eigenvalue weighted by molar-refractivity contribution is 5.78. The number of carboxylic acid groups (broad SMARTS) is 1. The second kappa shape index (κ2) is 6.39. The van der Waals surface area contributed by atoms with Crippen LogP contribution in [-0.2, 0) is 9.59 Å². The molecule has 0 aromatic carbocycles. The first kappa shape index (κ1) is 12.0. The van der Waals surface area contributed by atoms with Gasteiger partial charge in [0.15, 0.2) is 6.61 Å². The number of carboxylic acids is 1. The lowest BCUT2D eigenvalue weighted by molar-refractivity contribution is -0.137. The van der Waals surface area contributed by atoms with E-state index in [4.69, 9.17) is 9.84 Å². The highest BCUT2D eigenvalue weighted by Crippen LogP contribution is 2.05. The summed E-state index contributed by atoms with van der Waals surface area (Å²) >= 11 is 0. The van der Waals surface area contributed by atoms with Crippen LogP contribution in [0.3, 0.4) is 0 Å². The van der Waals surface area contributed by atoms with E-state index in [1.54, 1.807) is 18.3 Å². The summed E-state index contributed by atoms with van der Waals surface area (Å²) in [6.45, 7) is -0.0458. The molecule has 6 heteroatoms. The highest BCUT2D eigenvalue weighted by atomic mass is 16.5. The minimum absolute atomic E-state index is 0.0986. The van der Waals surface area contributed by atoms with E-state index < -0.39 is 5.97 Å². The quantitative estimate of drug-likeness (QED) is 0.712. The van der Waals surface area contributed by atoms with E-state index in [9.17, 15) is 9.59 Å². The fraction of sp³-hybridized carbons (Fsp3) is 0.300. The maximum absolute atomic E-state index is 11.1. The molecule has 0 aliphatic carbocycles. The lowest BCUT2D eigenvalue weighted by Crippen LogP contribution is -2.30. The predicted molar refractivity (Wildman–Crippen MR) is 55.0 cm³/mol. The van der Waals surface area contributed by atoms with E-state index in [0.717, 1.165) is 0 Å². The molecule has 0 atom stereocenters. The van der Waals surface area contributed by atoms with Crippen molar-refractivity contribution >= 4 is 11.9 Å². The molecule has 16 heavy (non-hydrogen) atoms. The number of carbonyl (C=O) groups excluding carboxylic acids is 1. The molecule has 0 spiro atoms. The van der Waals surface area contributed by atoms with E-state index in [1.165, 1.54) is 6.20 Å². The molecule has 0 radical (unpaired) electrons. The van der Waals surface area contributed by atoms with E-state index in [2.05, 4.69) is 10.3 Å². The van der Waals surface area contributed by atoms with Crippen molar-refractivity contribution in [3.8, 4) is 5.75 Å². The number of nitrogens with zero attached hydrogens (tertiary/aromatic N) is 1. The van der Waals surface area contributed by atoms with Gasteiger partial charge in [-0.25, -0.2) is 0 Å². The van der Waals surface area contributed by atoms with Crippen molar-refractivity contribution in [3.63, 3.8) is 0 Å². The molecule has 0 saturated heterocycles. The first-order valence-electron chi connectivity index (χ1n) is 4.70. The van der Waals surface area contributed by atoms with Gasteiger partial charge in [0, 0.05) is 12.7 Å². The molecule has 86 valence electrons. The molecule has 0 unspecified atom stereocenters. The topological polar surface area (TPSA) is 88.5 Å². The van der Waals surface area contributed by atoms with Crippen LogP contribution in [0.5, 0.6) is 5.75 Å². The second-order valence-electron chi connectivity index (χ2n) is 2.97. The van der Waals surface area contributed by atoms with Crippen LogP contribution in [0.25, 0.3) is 0 Å². The number of hydrogen-bond donors (Lipinski definition) is 2. The molecule has 1 rings (SSSR count). The van der Waals surface area contributed by atoms with Crippen LogP contribution in [0.2, 0.25) is 0 Å². The van der Waals surface area contributed by atoms with Gasteiger partial charge in [-0.05, 0) is 12.1 Å². The first-order valence-corrected chi connectivity index (χ1v) is 4.70. The van der Waals surface area contributed by atoms with Gasteiger partial charge in [0.2, 0.25) is 0 Å². The van der Waals surface area contributed by atoms with Crippen molar-refractivity contribution in [1.29, 1.82) is 0 Å². The van der Waals surface area contributed by atoms with Crippen LogP contribution >= 0.6 is 0 Å². The minimum atomic E-state index is -0.950. The zero-order chi connectivity index (χ0) is 11.8. The molecule has 6 nitrogen and oxygen atoms in total. The third-order valence-electron chi connectivity index (χ3n) is 1.67. The van der Waals surface area contributed by atoms with E-state index in [0.29, 0.717) is 5.75 Å². The Morgan fingerprint density at radius 1 is 1.50 bits per heavy atom. The van der Waals surface area contributed by atoms with Gasteiger partial charge in [-0.1, -0.05) is 0 Å². The van der Waals surface area contributed by atoms with Crippen LogP contribution in [0.1, 0.15) is 6.42 Å². The van der Waals surface area contributed by atoms with E-state index in [-0.39, 0.29) is 25.5 Å². The Labute approximate surface area is 92.3 Å². The number of nitrogens with one attached hydrogen (secondary N) is 1. The maximum Gasteiger partial charge on any atom is 0.305 e. The van der Waals surface area contributed by atoms with Crippen LogP contribution < -0.4 is 10.1 Å². The minimum Gasteiger partial charge on any atom is -0.482 e. The molecule has 1 aromatic heterocycles. The number of hydrogen-bond acceptors (Lipinski definition) is 4. The summed E-state index contributed by atoms with van der Waals surface area (Å²) < 4.78 is 5.10. The van der Waals surface area contributed by atoms with Gasteiger partial charge in [-0.2, -0.15) is 0 Å². The van der Waals surface area contributed by atoms with Crippen molar-refractivity contribution in [3.05, 3.63) is 24.5 Å². The molecular weight excluding hydrogens is 212 g/mol. The Morgan fingerprint density at radius 2 is 2.31 bits per heavy atom. The molecule has 0 saturated carbocycles. The van der Waals surface area contributed by atoms with Gasteiger partial charge in [-0.15, -0.1) is 0 Å². The average Bonchev–Trinajstić information content (AvgIpc) is 2.27. The standard InChI is InChI=1S/C10H12N2O4/c13-9(12-5-3-10(14)15)7-16-8-2-1-4-11-6-8/h1-2,4,6H,3,5,7H2,(H,12,13)(H,14,15). The monoisotopic (exact) mass is 224 g/mol. The lowest BCUT2D eigenvalue weighted by atomic mass is 10.4. The normalized spacial score (nSPS) is 9.50. The van der Waals surface area contributed by atoms with Crippen molar-refractivity contribution < 1.29 is 19.4 Å². The van der Waals surface area contributed by atoms with Gasteiger partial charge in [0.1, 0.15) is 5.75 Å². The summed E-state index contributed by atoms with van der Waals surface area (Å²) in [4.78, 5) is 25.1. The zero-order valence-corrected chi connectivity index (χ0v) is 8.55. The zero-order valence-electron chi connectivity index (χ0n) is 8.55. The van der Waals surface area contributed by atoms with Crippen molar-refractivity contribution in [2.24, 2.45) is 0 Å². The van der Waals surface area contributed by atoms with Crippen LogP contribution in [0, 0.1) is 0 Å². The number of carbonyl (C=O) groups is 2. The smallest absolute Gasteiger partial charge is 0.305 e. The predicted octanol–water partition coefficient (Wildman–Crippen LogP) is 0.0513. The number of rotatable bonds is 6. The molecule has 1 aromatic rings. The molecule has 2 N–H and O–H groups in total. The van der Waals surface area contributed by atoms with Crippen LogP contribution in [0.4, 0.5) is 0 Å². The average molecular weight is 224 g/mol. The SMILES string of the molecule is O=C(O)CCNC(=O)COc1cccnc1. The number of aliphatic carboxylic acids is 1. The van der Waals surface area contributed by atoms with E-state index in [1.807, 2.05) is 0 Å². The van der Waals surface area contributed by atoms with Gasteiger partial charge in [-0.3, -0.25) is 14.6 Å². The molecule has 0 aliphatic rings. The van der Waals surface area contributed by atoms with Crippen molar-refractivity contribution in [1.82, 2.24) is 10.3 Å². The fourth-order valence-corrected chi connectivity index (χ4v) is 0.941. The number of pyridine rings is 1. The number of aromatic nitrogens is 1. The van der Waals surface area contributed by atoms with E-state index >= 15 is 0 Å². The second-order valence-corrected chi connectivity index (χ2v) is 2.97. The van der Waals surface area contributed by atoms with Crippen molar-refractivity contribution in [2.45, 2.75) is 6.42 Å². The summed E-state index contributed by atoms with van der Waals surface area (Å²) in [6.07, 6.45) is 2.99. The number of amides is 1. The summed E-state index contributed by atoms with van der Waals surface area (Å²) in [5, 5.41) is 10.8. The van der Waals surface area contributed by atoms with Gasteiger partial charge >= 0.3 is 5.97 Å². The summed E-state index contributed by atoms with van der Waals surface area (Å²) in [7, 11) is 0. The Bertz CT molecular complexity index is 353. The van der Waals surface area contributed by atoms with Crippen LogP contribution in [-0.4, -0.2) is 35.1 Å². The molecule has 0 fully saturated rings. The maximum atomic E-state index is 11.1.